The van der Waals surface area contributed by atoms with Gasteiger partial charge in [0.25, 0.3) is 0 Å². The molecule has 8 nitrogen and oxygen atoms in total. The van der Waals surface area contributed by atoms with E-state index in [4.69, 9.17) is 4.74 Å². The molecule has 29 heavy (non-hydrogen) atoms. The molecule has 1 atom stereocenters. The predicted octanol–water partition coefficient (Wildman–Crippen LogP) is 2.39. The topological polar surface area (TPSA) is 96.9 Å². The zero-order chi connectivity index (χ0) is 21.0. The molecule has 0 aliphatic carbocycles. The van der Waals surface area contributed by atoms with E-state index in [2.05, 4.69) is 26.0 Å². The van der Waals surface area contributed by atoms with Gasteiger partial charge in [0.05, 0.1) is 43.0 Å². The van der Waals surface area contributed by atoms with Crippen molar-refractivity contribution in [2.45, 2.75) is 25.6 Å². The number of ether oxygens (including phenoxy) is 1. The number of rotatable bonds is 8. The molecule has 0 bridgehead atoms. The zero-order valence-corrected chi connectivity index (χ0v) is 15.9. The molecule has 0 saturated carbocycles. The van der Waals surface area contributed by atoms with Gasteiger partial charge in [0.1, 0.15) is 0 Å². The molecular formula is C18H21F3N6O2. The molecule has 156 valence electrons. The molecule has 0 aliphatic heterocycles. The number of carbonyl (C=O) groups excluding carboxylic acids is 1. The number of hydrogen-bond acceptors (Lipinski definition) is 5. The minimum atomic E-state index is -4.59. The molecule has 0 aliphatic rings. The van der Waals surface area contributed by atoms with E-state index in [0.29, 0.717) is 6.61 Å². The Labute approximate surface area is 164 Å². The summed E-state index contributed by atoms with van der Waals surface area (Å²) < 4.78 is 43.9. The SMILES string of the molecule is COCCNn1nc(C(F)(F)F)cc1CNC(=O)C(C)c1cccc2[nH]ncc12. The highest BCUT2D eigenvalue weighted by Gasteiger charge is 2.35. The van der Waals surface area contributed by atoms with Crippen molar-refractivity contribution >= 4 is 16.8 Å². The molecule has 0 radical (unpaired) electrons. The molecule has 1 aromatic carbocycles. The van der Waals surface area contributed by atoms with E-state index in [-0.39, 0.29) is 24.7 Å². The molecule has 1 unspecified atom stereocenters. The maximum atomic E-state index is 13.0. The van der Waals surface area contributed by atoms with Gasteiger partial charge < -0.3 is 15.5 Å². The summed E-state index contributed by atoms with van der Waals surface area (Å²) in [6.45, 7) is 2.16. The first-order valence-electron chi connectivity index (χ1n) is 8.90. The van der Waals surface area contributed by atoms with Crippen LogP contribution in [0.4, 0.5) is 13.2 Å². The number of halogens is 3. The van der Waals surface area contributed by atoms with Gasteiger partial charge in [-0.3, -0.25) is 9.89 Å². The van der Waals surface area contributed by atoms with Crippen LogP contribution in [0, 0.1) is 0 Å². The molecule has 0 saturated heterocycles. The Morgan fingerprint density at radius 3 is 2.90 bits per heavy atom. The summed E-state index contributed by atoms with van der Waals surface area (Å²) in [4.78, 5) is 13.6. The lowest BCUT2D eigenvalue weighted by Crippen LogP contribution is -2.30. The van der Waals surface area contributed by atoms with E-state index >= 15 is 0 Å². The van der Waals surface area contributed by atoms with Crippen molar-refractivity contribution < 1.29 is 22.7 Å². The van der Waals surface area contributed by atoms with E-state index in [1.54, 1.807) is 13.1 Å². The summed E-state index contributed by atoms with van der Waals surface area (Å²) in [5.41, 5.74) is 3.44. The molecule has 3 N–H and O–H groups in total. The van der Waals surface area contributed by atoms with Gasteiger partial charge in [-0.15, -0.1) is 5.10 Å². The molecule has 3 aromatic rings. The standard InChI is InChI=1S/C18H21F3N6O2/c1-11(13-4-3-5-15-14(13)10-23-25-15)17(28)22-9-12-8-16(18(19,20)21)26-27(12)24-6-7-29-2/h3-5,8,10-11,24H,6-7,9H2,1-2H3,(H,22,28)(H,23,25). The first kappa shape index (κ1) is 20.6. The van der Waals surface area contributed by atoms with Crippen LogP contribution in [0.1, 0.15) is 29.8 Å². The predicted molar refractivity (Wildman–Crippen MR) is 99.7 cm³/mol. The van der Waals surface area contributed by atoms with Crippen molar-refractivity contribution in [3.8, 4) is 0 Å². The van der Waals surface area contributed by atoms with Gasteiger partial charge in [-0.25, -0.2) is 0 Å². The third-order valence-electron chi connectivity index (χ3n) is 4.46. The van der Waals surface area contributed by atoms with Crippen LogP contribution in [0.3, 0.4) is 0 Å². The normalized spacial score (nSPS) is 12.9. The highest BCUT2D eigenvalue weighted by atomic mass is 19.4. The highest BCUT2D eigenvalue weighted by molar-refractivity contribution is 5.90. The number of aromatic nitrogens is 4. The van der Waals surface area contributed by atoms with Crippen molar-refractivity contribution in [3.63, 3.8) is 0 Å². The van der Waals surface area contributed by atoms with Crippen molar-refractivity contribution in [3.05, 3.63) is 47.4 Å². The Morgan fingerprint density at radius 2 is 2.17 bits per heavy atom. The van der Waals surface area contributed by atoms with Crippen LogP contribution >= 0.6 is 0 Å². The second-order valence-corrected chi connectivity index (χ2v) is 6.45. The Hall–Kier alpha value is -3.08. The maximum Gasteiger partial charge on any atom is 0.435 e. The Bertz CT molecular complexity index is 982. The number of methoxy groups -OCH3 is 1. The first-order valence-corrected chi connectivity index (χ1v) is 8.90. The van der Waals surface area contributed by atoms with Crippen LogP contribution in [0.15, 0.2) is 30.5 Å². The van der Waals surface area contributed by atoms with Gasteiger partial charge in [0.15, 0.2) is 5.69 Å². The molecule has 2 heterocycles. The van der Waals surface area contributed by atoms with Gasteiger partial charge in [0.2, 0.25) is 5.91 Å². The number of carbonyl (C=O) groups is 1. The number of nitrogens with zero attached hydrogens (tertiary/aromatic N) is 3. The molecule has 0 fully saturated rings. The molecule has 3 rings (SSSR count). The number of fused-ring (bicyclic) bond motifs is 1. The van der Waals surface area contributed by atoms with E-state index < -0.39 is 17.8 Å². The van der Waals surface area contributed by atoms with Crippen molar-refractivity contribution in [1.82, 2.24) is 25.4 Å². The summed E-state index contributed by atoms with van der Waals surface area (Å²) >= 11 is 0. The summed E-state index contributed by atoms with van der Waals surface area (Å²) in [5, 5.41) is 13.8. The van der Waals surface area contributed by atoms with Crippen LogP contribution in [-0.2, 0) is 22.3 Å². The molecular weight excluding hydrogens is 389 g/mol. The van der Waals surface area contributed by atoms with Gasteiger partial charge in [0, 0.05) is 12.5 Å². The number of alkyl halides is 3. The average molecular weight is 410 g/mol. The van der Waals surface area contributed by atoms with Crippen molar-refractivity contribution in [2.24, 2.45) is 0 Å². The smallest absolute Gasteiger partial charge is 0.383 e. The van der Waals surface area contributed by atoms with E-state index in [0.717, 1.165) is 27.3 Å². The maximum absolute atomic E-state index is 13.0. The van der Waals surface area contributed by atoms with Crippen molar-refractivity contribution in [1.29, 1.82) is 0 Å². The monoisotopic (exact) mass is 410 g/mol. The van der Waals surface area contributed by atoms with E-state index in [1.165, 1.54) is 7.11 Å². The Balaban J connectivity index is 1.73. The van der Waals surface area contributed by atoms with Gasteiger partial charge in [-0.2, -0.15) is 23.1 Å². The van der Waals surface area contributed by atoms with Crippen LogP contribution in [0.25, 0.3) is 10.9 Å². The lowest BCUT2D eigenvalue weighted by Gasteiger charge is -2.14. The zero-order valence-electron chi connectivity index (χ0n) is 15.9. The van der Waals surface area contributed by atoms with E-state index in [9.17, 15) is 18.0 Å². The molecule has 0 spiro atoms. The summed E-state index contributed by atoms with van der Waals surface area (Å²) in [5.74, 6) is -0.840. The number of nitrogens with one attached hydrogen (secondary N) is 3. The lowest BCUT2D eigenvalue weighted by atomic mass is 9.97. The second-order valence-electron chi connectivity index (χ2n) is 6.45. The minimum Gasteiger partial charge on any atom is -0.383 e. The first-order chi connectivity index (χ1) is 13.8. The van der Waals surface area contributed by atoms with Crippen LogP contribution in [-0.4, -0.2) is 46.3 Å². The number of aromatic amines is 1. The number of amides is 1. The third kappa shape index (κ3) is 4.67. The van der Waals surface area contributed by atoms with E-state index in [1.807, 2.05) is 18.2 Å². The van der Waals surface area contributed by atoms with Crippen LogP contribution < -0.4 is 10.7 Å². The van der Waals surface area contributed by atoms with Gasteiger partial charge >= 0.3 is 6.18 Å². The highest BCUT2D eigenvalue weighted by Crippen LogP contribution is 2.28. The molecule has 2 aromatic heterocycles. The quantitative estimate of drug-likeness (QED) is 0.496. The summed E-state index contributed by atoms with van der Waals surface area (Å²) in [7, 11) is 1.48. The van der Waals surface area contributed by atoms with Crippen LogP contribution in [0.2, 0.25) is 0 Å². The summed E-state index contributed by atoms with van der Waals surface area (Å²) in [6, 6.07) is 6.38. The number of benzene rings is 1. The number of H-pyrrole nitrogens is 1. The largest absolute Gasteiger partial charge is 0.435 e. The molecule has 1 amide bonds. The van der Waals surface area contributed by atoms with Crippen molar-refractivity contribution in [2.75, 3.05) is 25.7 Å². The second kappa shape index (κ2) is 8.52. The fourth-order valence-electron chi connectivity index (χ4n) is 2.92. The average Bonchev–Trinajstić information content (AvgIpc) is 3.32. The van der Waals surface area contributed by atoms with Gasteiger partial charge in [-0.05, 0) is 24.6 Å². The van der Waals surface area contributed by atoms with Gasteiger partial charge in [-0.1, -0.05) is 12.1 Å². The number of hydrogen-bond donors (Lipinski definition) is 3. The minimum absolute atomic E-state index is 0.117. The molecule has 11 heteroatoms. The Morgan fingerprint density at radius 1 is 1.38 bits per heavy atom. The Kier molecular flexibility index (Phi) is 6.06. The lowest BCUT2D eigenvalue weighted by molar-refractivity contribution is -0.141. The van der Waals surface area contributed by atoms with Crippen LogP contribution in [0.5, 0.6) is 0 Å². The summed E-state index contributed by atoms with van der Waals surface area (Å²) in [6.07, 6.45) is -2.95. The fourth-order valence-corrected chi connectivity index (χ4v) is 2.92. The fraction of sp³-hybridized carbons (Fsp3) is 0.389. The third-order valence-corrected chi connectivity index (χ3v) is 4.46.